The van der Waals surface area contributed by atoms with Crippen molar-refractivity contribution in [2.75, 3.05) is 19.8 Å². The van der Waals surface area contributed by atoms with Gasteiger partial charge in [0.2, 0.25) is 11.8 Å². The lowest BCUT2D eigenvalue weighted by Gasteiger charge is -2.42. The van der Waals surface area contributed by atoms with Crippen LogP contribution in [0.3, 0.4) is 0 Å². The lowest BCUT2D eigenvalue weighted by Crippen LogP contribution is -2.59. The van der Waals surface area contributed by atoms with Gasteiger partial charge in [0, 0.05) is 22.7 Å². The number of ether oxygens (including phenoxy) is 1. The van der Waals surface area contributed by atoms with Crippen molar-refractivity contribution in [3.63, 3.8) is 0 Å². The van der Waals surface area contributed by atoms with Gasteiger partial charge in [-0.25, -0.2) is 0 Å². The van der Waals surface area contributed by atoms with Crippen molar-refractivity contribution in [2.24, 2.45) is 11.8 Å². The summed E-state index contributed by atoms with van der Waals surface area (Å²) in [4.78, 5) is 46.8. The van der Waals surface area contributed by atoms with Crippen molar-refractivity contribution in [2.45, 2.75) is 97.2 Å². The van der Waals surface area contributed by atoms with Crippen LogP contribution in [0.2, 0.25) is 0 Å². The number of benzene rings is 1. The topological polar surface area (TPSA) is 87.2 Å². The van der Waals surface area contributed by atoms with E-state index in [1.54, 1.807) is 22.7 Å². The fraction of sp³-hybridized carbons (Fsp3) is 0.618. The minimum absolute atomic E-state index is 0.0284. The van der Waals surface area contributed by atoms with Gasteiger partial charge in [-0.3, -0.25) is 14.4 Å². The summed E-state index contributed by atoms with van der Waals surface area (Å²) in [6.07, 6.45) is 12.3. The molecule has 5 rings (SSSR count). The Morgan fingerprint density at radius 3 is 2.58 bits per heavy atom. The third kappa shape index (κ3) is 6.23. The first-order valence-electron chi connectivity index (χ1n) is 15.9. The quantitative estimate of drug-likeness (QED) is 0.125. The molecule has 43 heavy (non-hydrogen) atoms. The molecular weight excluding hydrogens is 628 g/mol. The Labute approximate surface area is 268 Å². The Bertz CT molecular complexity index is 1180. The zero-order valence-electron chi connectivity index (χ0n) is 25.0. The molecule has 1 aromatic carbocycles. The van der Waals surface area contributed by atoms with Gasteiger partial charge in [0.15, 0.2) is 0 Å². The summed E-state index contributed by atoms with van der Waals surface area (Å²) in [7, 11) is 0. The van der Waals surface area contributed by atoms with Gasteiger partial charge in [0.25, 0.3) is 0 Å². The van der Waals surface area contributed by atoms with E-state index in [0.717, 1.165) is 56.9 Å². The molecule has 0 aromatic heterocycles. The molecule has 9 heteroatoms. The lowest BCUT2D eigenvalue weighted by atomic mass is 9.71. The van der Waals surface area contributed by atoms with Gasteiger partial charge in [0.1, 0.15) is 6.04 Å². The van der Waals surface area contributed by atoms with Gasteiger partial charge in [-0.2, -0.15) is 0 Å². The fourth-order valence-corrected chi connectivity index (χ4v) is 11.5. The van der Waals surface area contributed by atoms with Gasteiger partial charge < -0.3 is 19.6 Å². The van der Waals surface area contributed by atoms with Crippen LogP contribution in [0.1, 0.15) is 63.4 Å². The molecule has 2 amide bonds. The second-order valence-electron chi connectivity index (χ2n) is 12.5. The molecular formula is C34H45BrN2O5S. The average molecular weight is 674 g/mol. The number of rotatable bonds is 14. The summed E-state index contributed by atoms with van der Waals surface area (Å²) in [6.45, 7) is 8.15. The van der Waals surface area contributed by atoms with Crippen LogP contribution < -0.4 is 0 Å². The zero-order valence-corrected chi connectivity index (χ0v) is 27.4. The summed E-state index contributed by atoms with van der Waals surface area (Å²) in [5, 5.41) is 10.6. The van der Waals surface area contributed by atoms with E-state index in [4.69, 9.17) is 4.74 Å². The summed E-state index contributed by atoms with van der Waals surface area (Å²) >= 11 is 5.47. The maximum atomic E-state index is 14.9. The molecule has 1 aromatic rings. The van der Waals surface area contributed by atoms with Crippen LogP contribution in [0, 0.1) is 11.8 Å². The molecule has 4 fully saturated rings. The summed E-state index contributed by atoms with van der Waals surface area (Å²) in [5.41, 5.74) is 0.983. The summed E-state index contributed by atoms with van der Waals surface area (Å²) in [6, 6.07) is 8.48. The van der Waals surface area contributed by atoms with Crippen molar-refractivity contribution in [3.05, 3.63) is 61.2 Å². The Kier molecular flexibility index (Phi) is 10.8. The number of carbonyl (C=O) groups excluding carboxylic acids is 3. The van der Waals surface area contributed by atoms with E-state index in [9.17, 15) is 19.5 Å². The molecule has 0 radical (unpaired) electrons. The molecule has 7 atom stereocenters. The SMILES string of the molecule is C=CCCCCOC(=O)[C@H]1[C@@H]2SC3(CC2Br)C(C(=O)N(CC=C)C2CCCCC2)N([C@@H](CO)Cc2ccccc2)C(=O)[C@H]13. The van der Waals surface area contributed by atoms with Crippen molar-refractivity contribution in [1.29, 1.82) is 0 Å². The van der Waals surface area contributed by atoms with Crippen molar-refractivity contribution < 1.29 is 24.2 Å². The number of aliphatic hydroxyl groups excluding tert-OH is 1. The smallest absolute Gasteiger partial charge is 0.310 e. The number of nitrogens with zero attached hydrogens (tertiary/aromatic N) is 2. The highest BCUT2D eigenvalue weighted by Gasteiger charge is 2.76. The van der Waals surface area contributed by atoms with Crippen LogP contribution in [0.5, 0.6) is 0 Å². The average Bonchev–Trinajstić information content (AvgIpc) is 3.62. The van der Waals surface area contributed by atoms with Gasteiger partial charge >= 0.3 is 5.97 Å². The van der Waals surface area contributed by atoms with E-state index in [1.165, 1.54) is 0 Å². The molecule has 1 aliphatic carbocycles. The predicted molar refractivity (Wildman–Crippen MR) is 174 cm³/mol. The summed E-state index contributed by atoms with van der Waals surface area (Å²) < 4.78 is 5.01. The molecule has 3 aliphatic heterocycles. The Morgan fingerprint density at radius 1 is 1.16 bits per heavy atom. The maximum absolute atomic E-state index is 14.9. The number of thioether (sulfide) groups is 1. The fourth-order valence-electron chi connectivity index (χ4n) is 7.91. The number of fused-ring (bicyclic) bond motifs is 1. The van der Waals surface area contributed by atoms with Crippen LogP contribution in [0.4, 0.5) is 0 Å². The zero-order chi connectivity index (χ0) is 30.6. The highest BCUT2D eigenvalue weighted by molar-refractivity contribution is 9.09. The van der Waals surface area contributed by atoms with Gasteiger partial charge in [0.05, 0.1) is 35.8 Å². The van der Waals surface area contributed by atoms with E-state index in [1.807, 2.05) is 41.3 Å². The van der Waals surface area contributed by atoms with Gasteiger partial charge in [-0.1, -0.05) is 77.7 Å². The second kappa shape index (κ2) is 14.3. The first-order valence-corrected chi connectivity index (χ1v) is 17.6. The third-order valence-corrected chi connectivity index (χ3v) is 13.0. The first-order chi connectivity index (χ1) is 20.9. The molecule has 1 spiro atoms. The van der Waals surface area contributed by atoms with Crippen molar-refractivity contribution >= 4 is 45.5 Å². The molecule has 4 aliphatic rings. The molecule has 3 unspecified atom stereocenters. The number of alkyl halides is 1. The van der Waals surface area contributed by atoms with Crippen LogP contribution in [-0.4, -0.2) is 85.4 Å². The highest BCUT2D eigenvalue weighted by Crippen LogP contribution is 2.68. The Hall–Kier alpha value is -2.10. The van der Waals surface area contributed by atoms with E-state index >= 15 is 0 Å². The maximum Gasteiger partial charge on any atom is 0.310 e. The normalized spacial score (nSPS) is 30.6. The van der Waals surface area contributed by atoms with Gasteiger partial charge in [-0.05, 0) is 50.5 Å². The monoisotopic (exact) mass is 672 g/mol. The molecule has 7 nitrogen and oxygen atoms in total. The number of aliphatic hydroxyl groups is 1. The Balaban J connectivity index is 1.51. The van der Waals surface area contributed by atoms with Crippen LogP contribution in [-0.2, 0) is 25.5 Å². The minimum atomic E-state index is -0.784. The van der Waals surface area contributed by atoms with Crippen LogP contribution in [0.25, 0.3) is 0 Å². The lowest BCUT2D eigenvalue weighted by molar-refractivity contribution is -0.154. The molecule has 1 saturated carbocycles. The summed E-state index contributed by atoms with van der Waals surface area (Å²) in [5.74, 6) is -1.96. The number of hydrogen-bond acceptors (Lipinski definition) is 6. The molecule has 3 heterocycles. The number of hydrogen-bond donors (Lipinski definition) is 1. The van der Waals surface area contributed by atoms with E-state index in [2.05, 4.69) is 29.1 Å². The second-order valence-corrected chi connectivity index (χ2v) is 15.2. The number of unbranched alkanes of at least 4 members (excludes halogenated alkanes) is 2. The number of carbonyl (C=O) groups is 3. The van der Waals surface area contributed by atoms with Crippen molar-refractivity contribution in [3.8, 4) is 0 Å². The van der Waals surface area contributed by atoms with E-state index in [-0.39, 0.29) is 40.5 Å². The molecule has 3 saturated heterocycles. The van der Waals surface area contributed by atoms with Gasteiger partial charge in [-0.15, -0.1) is 24.9 Å². The molecule has 1 N–H and O–H groups in total. The minimum Gasteiger partial charge on any atom is -0.465 e. The number of esters is 1. The Morgan fingerprint density at radius 2 is 1.91 bits per heavy atom. The first kappa shape index (κ1) is 32.3. The van der Waals surface area contributed by atoms with E-state index in [0.29, 0.717) is 26.0 Å². The van der Waals surface area contributed by atoms with Crippen molar-refractivity contribution in [1.82, 2.24) is 9.80 Å². The number of likely N-dealkylation sites (tertiary alicyclic amines) is 1. The number of amides is 2. The largest absolute Gasteiger partial charge is 0.465 e. The third-order valence-electron chi connectivity index (χ3n) is 9.82. The highest BCUT2D eigenvalue weighted by atomic mass is 79.9. The number of allylic oxidation sites excluding steroid dienone is 1. The standard InChI is InChI=1S/C34H45BrN2O5S/c1-3-5-6-13-19-42-33(41)27-28-31(39)37(25(22-38)20-23-14-9-7-10-15-23)30(34(28)21-26(35)29(27)43-34)32(40)36(18-4-2)24-16-11-8-12-17-24/h3-4,7,9-10,14-15,24-30,38H,1-2,5-6,8,11-13,16-22H2/t25-,26?,27-,28+,29-,30?,34?/m1/s1. The molecule has 234 valence electrons. The van der Waals surface area contributed by atoms with Crippen LogP contribution in [0.15, 0.2) is 55.6 Å². The predicted octanol–water partition coefficient (Wildman–Crippen LogP) is 5.30. The molecule has 2 bridgehead atoms. The van der Waals surface area contributed by atoms with E-state index < -0.39 is 28.7 Å². The van der Waals surface area contributed by atoms with Crippen LogP contribution >= 0.6 is 27.7 Å². The number of halogens is 1.